The molecule has 6 nitrogen and oxygen atoms in total. The van der Waals surface area contributed by atoms with Gasteiger partial charge in [0.1, 0.15) is 5.60 Å². The van der Waals surface area contributed by atoms with Crippen LogP contribution in [0.3, 0.4) is 0 Å². The molecule has 2 saturated heterocycles. The quantitative estimate of drug-likeness (QED) is 0.691. The summed E-state index contributed by atoms with van der Waals surface area (Å²) in [5.74, 6) is -0.711. The van der Waals surface area contributed by atoms with E-state index in [9.17, 15) is 4.79 Å². The monoisotopic (exact) mass is 244 g/mol. The first-order valence-corrected chi connectivity index (χ1v) is 5.89. The second-order valence-electron chi connectivity index (χ2n) is 5.34. The second-order valence-corrected chi connectivity index (χ2v) is 5.34. The van der Waals surface area contributed by atoms with Gasteiger partial charge in [0.25, 0.3) is 0 Å². The summed E-state index contributed by atoms with van der Waals surface area (Å²) in [6.45, 7) is 7.84. The van der Waals surface area contributed by atoms with E-state index in [2.05, 4.69) is 10.6 Å². The third-order valence-electron chi connectivity index (χ3n) is 2.72. The van der Waals surface area contributed by atoms with Crippen LogP contribution >= 0.6 is 0 Å². The Morgan fingerprint density at radius 2 is 2.06 bits per heavy atom. The summed E-state index contributed by atoms with van der Waals surface area (Å²) in [6.07, 6.45) is -0.440. The van der Waals surface area contributed by atoms with Gasteiger partial charge in [-0.05, 0) is 20.8 Å². The molecule has 2 fully saturated rings. The molecule has 0 aromatic carbocycles. The van der Waals surface area contributed by atoms with Crippen molar-refractivity contribution >= 4 is 6.09 Å². The van der Waals surface area contributed by atoms with Gasteiger partial charge in [0.05, 0.1) is 25.8 Å². The molecular formula is C11H20N2O4. The van der Waals surface area contributed by atoms with E-state index in [0.29, 0.717) is 26.3 Å². The minimum Gasteiger partial charge on any atom is -0.444 e. The van der Waals surface area contributed by atoms with Crippen molar-refractivity contribution < 1.29 is 19.0 Å². The normalized spacial score (nSPS) is 27.4. The fraction of sp³-hybridized carbons (Fsp3) is 0.909. The highest BCUT2D eigenvalue weighted by molar-refractivity contribution is 5.68. The van der Waals surface area contributed by atoms with Crippen LogP contribution in [0.1, 0.15) is 20.8 Å². The molecule has 2 aliphatic rings. The molecule has 2 N–H and O–H groups in total. The van der Waals surface area contributed by atoms with Crippen molar-refractivity contribution in [3.8, 4) is 0 Å². The van der Waals surface area contributed by atoms with E-state index in [-0.39, 0.29) is 6.04 Å². The van der Waals surface area contributed by atoms with Crippen molar-refractivity contribution in [2.75, 3.05) is 26.3 Å². The molecule has 0 radical (unpaired) electrons. The van der Waals surface area contributed by atoms with Gasteiger partial charge in [0.2, 0.25) is 5.79 Å². The van der Waals surface area contributed by atoms with E-state index in [4.69, 9.17) is 14.2 Å². The number of carbonyl (C=O) groups excluding carboxylic acids is 1. The fourth-order valence-electron chi connectivity index (χ4n) is 2.05. The lowest BCUT2D eigenvalue weighted by molar-refractivity contribution is -0.154. The average molecular weight is 244 g/mol. The van der Waals surface area contributed by atoms with E-state index >= 15 is 0 Å². The average Bonchev–Trinajstić information content (AvgIpc) is 2.76. The van der Waals surface area contributed by atoms with Crippen molar-refractivity contribution in [3.63, 3.8) is 0 Å². The zero-order valence-corrected chi connectivity index (χ0v) is 10.5. The van der Waals surface area contributed by atoms with Crippen molar-refractivity contribution in [1.29, 1.82) is 0 Å². The van der Waals surface area contributed by atoms with Gasteiger partial charge in [-0.1, -0.05) is 0 Å². The third-order valence-corrected chi connectivity index (χ3v) is 2.72. The summed E-state index contributed by atoms with van der Waals surface area (Å²) in [4.78, 5) is 11.7. The van der Waals surface area contributed by atoms with E-state index in [1.54, 1.807) is 0 Å². The van der Waals surface area contributed by atoms with Crippen LogP contribution in [0, 0.1) is 0 Å². The predicted molar refractivity (Wildman–Crippen MR) is 60.7 cm³/mol. The largest absolute Gasteiger partial charge is 0.444 e. The second kappa shape index (κ2) is 4.44. The molecule has 98 valence electrons. The molecule has 1 spiro atoms. The summed E-state index contributed by atoms with van der Waals surface area (Å²) in [6, 6.07) is -0.208. The van der Waals surface area contributed by atoms with E-state index in [1.165, 1.54) is 0 Å². The Labute approximate surface area is 101 Å². The molecule has 17 heavy (non-hydrogen) atoms. The highest BCUT2D eigenvalue weighted by Crippen LogP contribution is 2.26. The van der Waals surface area contributed by atoms with Gasteiger partial charge in [-0.2, -0.15) is 0 Å². The van der Waals surface area contributed by atoms with E-state index in [1.807, 2.05) is 20.8 Å². The number of carbonyl (C=O) groups is 1. The number of ether oxygens (including phenoxy) is 3. The first-order valence-electron chi connectivity index (χ1n) is 5.89. The van der Waals surface area contributed by atoms with E-state index in [0.717, 1.165) is 0 Å². The minimum absolute atomic E-state index is 0.208. The summed E-state index contributed by atoms with van der Waals surface area (Å²) < 4.78 is 16.4. The maximum Gasteiger partial charge on any atom is 0.408 e. The van der Waals surface area contributed by atoms with Crippen LogP contribution in [-0.4, -0.2) is 49.8 Å². The molecule has 2 heterocycles. The summed E-state index contributed by atoms with van der Waals surface area (Å²) in [7, 11) is 0. The first-order chi connectivity index (χ1) is 7.91. The Kier molecular flexibility index (Phi) is 3.29. The van der Waals surface area contributed by atoms with Gasteiger partial charge in [-0.3, -0.25) is 0 Å². The summed E-state index contributed by atoms with van der Waals surface area (Å²) >= 11 is 0. The molecule has 6 heteroatoms. The number of alkyl carbamates (subject to hydrolysis) is 1. The van der Waals surface area contributed by atoms with Gasteiger partial charge >= 0.3 is 6.09 Å². The molecule has 0 aliphatic carbocycles. The standard InChI is InChI=1S/C11H20N2O4/c1-10(2,3)17-9(14)13-8-6-12-7-11(8)15-4-5-16-11/h8,12H,4-7H2,1-3H3,(H,13,14). The minimum atomic E-state index is -0.711. The number of amides is 1. The zero-order valence-electron chi connectivity index (χ0n) is 10.5. The van der Waals surface area contributed by atoms with Gasteiger partial charge < -0.3 is 24.8 Å². The van der Waals surface area contributed by atoms with Crippen molar-refractivity contribution in [3.05, 3.63) is 0 Å². The summed E-state index contributed by atoms with van der Waals surface area (Å²) in [5.41, 5.74) is -0.499. The van der Waals surface area contributed by atoms with Crippen LogP contribution in [0.4, 0.5) is 4.79 Å². The van der Waals surface area contributed by atoms with Crippen LogP contribution in [0.5, 0.6) is 0 Å². The molecular weight excluding hydrogens is 224 g/mol. The highest BCUT2D eigenvalue weighted by atomic mass is 16.7. The van der Waals surface area contributed by atoms with Crippen LogP contribution in [0.2, 0.25) is 0 Å². The van der Waals surface area contributed by atoms with Crippen LogP contribution in [0.25, 0.3) is 0 Å². The molecule has 0 bridgehead atoms. The third kappa shape index (κ3) is 2.88. The fourth-order valence-corrected chi connectivity index (χ4v) is 2.05. The zero-order chi connectivity index (χ0) is 12.5. The maximum atomic E-state index is 11.7. The summed E-state index contributed by atoms with van der Waals surface area (Å²) in [5, 5.41) is 5.95. The van der Waals surface area contributed by atoms with Crippen LogP contribution < -0.4 is 10.6 Å². The Hall–Kier alpha value is -0.850. The van der Waals surface area contributed by atoms with Gasteiger partial charge in [-0.15, -0.1) is 0 Å². The molecule has 0 saturated carbocycles. The lowest BCUT2D eigenvalue weighted by Crippen LogP contribution is -2.53. The number of rotatable bonds is 1. The van der Waals surface area contributed by atoms with E-state index < -0.39 is 17.5 Å². The lowest BCUT2D eigenvalue weighted by Gasteiger charge is -2.29. The Morgan fingerprint density at radius 3 is 2.65 bits per heavy atom. The number of hydrogen-bond donors (Lipinski definition) is 2. The number of nitrogens with one attached hydrogen (secondary N) is 2. The van der Waals surface area contributed by atoms with Gasteiger partial charge in [0, 0.05) is 6.54 Å². The predicted octanol–water partition coefficient (Wildman–Crippen LogP) is 0.226. The van der Waals surface area contributed by atoms with Crippen LogP contribution in [-0.2, 0) is 14.2 Å². The molecule has 1 unspecified atom stereocenters. The SMILES string of the molecule is CC(C)(C)OC(=O)NC1CNCC12OCCO2. The molecule has 1 amide bonds. The smallest absolute Gasteiger partial charge is 0.408 e. The van der Waals surface area contributed by atoms with Crippen LogP contribution in [0.15, 0.2) is 0 Å². The van der Waals surface area contributed by atoms with Crippen molar-refractivity contribution in [2.45, 2.75) is 38.2 Å². The van der Waals surface area contributed by atoms with Crippen molar-refractivity contribution in [1.82, 2.24) is 10.6 Å². The number of hydrogen-bond acceptors (Lipinski definition) is 5. The molecule has 0 aromatic rings. The molecule has 2 rings (SSSR count). The first kappa shape index (κ1) is 12.6. The molecule has 2 aliphatic heterocycles. The van der Waals surface area contributed by atoms with Gasteiger partial charge in [-0.25, -0.2) is 4.79 Å². The Balaban J connectivity index is 1.92. The Morgan fingerprint density at radius 1 is 1.41 bits per heavy atom. The lowest BCUT2D eigenvalue weighted by atomic mass is 10.1. The Bertz CT molecular complexity index is 289. The highest BCUT2D eigenvalue weighted by Gasteiger charge is 2.49. The topological polar surface area (TPSA) is 68.8 Å². The van der Waals surface area contributed by atoms with Gasteiger partial charge in [0.15, 0.2) is 0 Å². The molecule has 1 atom stereocenters. The van der Waals surface area contributed by atoms with Crippen molar-refractivity contribution in [2.24, 2.45) is 0 Å². The maximum absolute atomic E-state index is 11.7. The molecule has 0 aromatic heterocycles.